The molecule has 0 aliphatic rings. The third-order valence-corrected chi connectivity index (χ3v) is 4.41. The highest BCUT2D eigenvalue weighted by molar-refractivity contribution is 5.79. The molecule has 1 heterocycles. The van der Waals surface area contributed by atoms with E-state index in [-0.39, 0.29) is 0 Å². The molecule has 2 N–H and O–H groups in total. The van der Waals surface area contributed by atoms with Gasteiger partial charge in [-0.25, -0.2) is 9.98 Å². The van der Waals surface area contributed by atoms with E-state index in [1.54, 1.807) is 13.3 Å². The Balaban J connectivity index is 1.56. The minimum atomic E-state index is 0.493. The first-order valence-corrected chi connectivity index (χ1v) is 10.0. The summed E-state index contributed by atoms with van der Waals surface area (Å²) in [6.45, 7) is 4.54. The van der Waals surface area contributed by atoms with E-state index in [0.717, 1.165) is 34.9 Å². The summed E-state index contributed by atoms with van der Waals surface area (Å²) in [6, 6.07) is 21.9. The molecule has 0 amide bonds. The van der Waals surface area contributed by atoms with Crippen molar-refractivity contribution in [1.82, 2.24) is 15.6 Å². The van der Waals surface area contributed by atoms with Crippen molar-refractivity contribution in [2.24, 2.45) is 4.99 Å². The Morgan fingerprint density at radius 1 is 0.933 bits per heavy atom. The van der Waals surface area contributed by atoms with Crippen LogP contribution in [0.3, 0.4) is 0 Å². The smallest absolute Gasteiger partial charge is 0.213 e. The Bertz CT molecular complexity index is 927. The van der Waals surface area contributed by atoms with Crippen LogP contribution in [0.15, 0.2) is 77.9 Å². The van der Waals surface area contributed by atoms with Gasteiger partial charge in [-0.1, -0.05) is 42.5 Å². The fraction of sp³-hybridized carbons (Fsp3) is 0.250. The number of nitrogens with one attached hydrogen (secondary N) is 2. The van der Waals surface area contributed by atoms with Gasteiger partial charge in [0.25, 0.3) is 0 Å². The lowest BCUT2D eigenvalue weighted by Crippen LogP contribution is -2.36. The summed E-state index contributed by atoms with van der Waals surface area (Å²) in [5.74, 6) is 2.21. The number of rotatable bonds is 9. The molecular formula is C24H28N4O2. The number of methoxy groups -OCH3 is 1. The lowest BCUT2D eigenvalue weighted by molar-refractivity contribution is 0.293. The average Bonchev–Trinajstić information content (AvgIpc) is 2.81. The Morgan fingerprint density at radius 2 is 1.73 bits per heavy atom. The van der Waals surface area contributed by atoms with Crippen LogP contribution in [-0.2, 0) is 19.7 Å². The fourth-order valence-corrected chi connectivity index (χ4v) is 2.80. The van der Waals surface area contributed by atoms with Crippen molar-refractivity contribution >= 4 is 5.96 Å². The summed E-state index contributed by atoms with van der Waals surface area (Å²) in [5.41, 5.74) is 3.30. The van der Waals surface area contributed by atoms with Crippen molar-refractivity contribution in [3.63, 3.8) is 0 Å². The van der Waals surface area contributed by atoms with Crippen LogP contribution in [0.4, 0.5) is 0 Å². The Kier molecular flexibility index (Phi) is 8.09. The van der Waals surface area contributed by atoms with Gasteiger partial charge >= 0.3 is 0 Å². The number of guanidine groups is 1. The minimum Gasteiger partial charge on any atom is -0.497 e. The molecular weight excluding hydrogens is 376 g/mol. The minimum absolute atomic E-state index is 0.493. The summed E-state index contributed by atoms with van der Waals surface area (Å²) in [7, 11) is 1.67. The van der Waals surface area contributed by atoms with E-state index in [4.69, 9.17) is 9.47 Å². The Morgan fingerprint density at radius 3 is 2.47 bits per heavy atom. The summed E-state index contributed by atoms with van der Waals surface area (Å²) >= 11 is 0. The number of nitrogens with zero attached hydrogens (tertiary/aromatic N) is 2. The van der Waals surface area contributed by atoms with E-state index >= 15 is 0 Å². The van der Waals surface area contributed by atoms with Crippen molar-refractivity contribution < 1.29 is 9.47 Å². The number of benzene rings is 2. The van der Waals surface area contributed by atoms with Gasteiger partial charge in [0.1, 0.15) is 12.4 Å². The molecule has 156 valence electrons. The van der Waals surface area contributed by atoms with Gasteiger partial charge in [0.15, 0.2) is 5.96 Å². The summed E-state index contributed by atoms with van der Waals surface area (Å²) in [6.07, 6.45) is 1.75. The van der Waals surface area contributed by atoms with Crippen LogP contribution in [0, 0.1) is 0 Å². The van der Waals surface area contributed by atoms with Crippen LogP contribution in [0.25, 0.3) is 0 Å². The second-order valence-electron chi connectivity index (χ2n) is 6.67. The van der Waals surface area contributed by atoms with E-state index < -0.39 is 0 Å². The second kappa shape index (κ2) is 11.5. The molecule has 6 heteroatoms. The molecule has 0 aliphatic heterocycles. The fourth-order valence-electron chi connectivity index (χ4n) is 2.80. The SMILES string of the molecule is CCNC(=NCc1ccnc(OCc2ccccc2)c1)NCc1ccc(OC)cc1. The topological polar surface area (TPSA) is 67.8 Å². The lowest BCUT2D eigenvalue weighted by atomic mass is 10.2. The maximum Gasteiger partial charge on any atom is 0.213 e. The number of aliphatic imine (C=N–C) groups is 1. The Labute approximate surface area is 178 Å². The van der Waals surface area contributed by atoms with Gasteiger partial charge in [0.05, 0.1) is 13.7 Å². The zero-order chi connectivity index (χ0) is 21.0. The van der Waals surface area contributed by atoms with E-state index in [1.165, 1.54) is 0 Å². The van der Waals surface area contributed by atoms with Gasteiger partial charge in [-0.15, -0.1) is 0 Å². The van der Waals surface area contributed by atoms with Gasteiger partial charge in [-0.2, -0.15) is 0 Å². The van der Waals surface area contributed by atoms with Gasteiger partial charge in [0, 0.05) is 25.4 Å². The highest BCUT2D eigenvalue weighted by Gasteiger charge is 2.02. The third-order valence-electron chi connectivity index (χ3n) is 4.41. The van der Waals surface area contributed by atoms with Gasteiger partial charge in [-0.05, 0) is 41.8 Å². The second-order valence-corrected chi connectivity index (χ2v) is 6.67. The molecule has 0 saturated carbocycles. The van der Waals surface area contributed by atoms with E-state index in [1.807, 2.05) is 73.7 Å². The van der Waals surface area contributed by atoms with E-state index in [9.17, 15) is 0 Å². The predicted molar refractivity (Wildman–Crippen MR) is 120 cm³/mol. The highest BCUT2D eigenvalue weighted by atomic mass is 16.5. The standard InChI is InChI=1S/C24H28N4O2/c1-3-25-24(27-16-19-9-11-22(29-2)12-10-19)28-17-21-13-14-26-23(15-21)30-18-20-7-5-4-6-8-20/h4-15H,3,16-18H2,1-2H3,(H2,25,27,28). The van der Waals surface area contributed by atoms with Crippen LogP contribution in [0.2, 0.25) is 0 Å². The number of pyridine rings is 1. The average molecular weight is 405 g/mol. The van der Waals surface area contributed by atoms with Crippen molar-refractivity contribution in [2.45, 2.75) is 26.6 Å². The molecule has 2 aromatic carbocycles. The van der Waals surface area contributed by atoms with Gasteiger partial charge in [-0.3, -0.25) is 0 Å². The number of hydrogen-bond donors (Lipinski definition) is 2. The lowest BCUT2D eigenvalue weighted by Gasteiger charge is -2.12. The zero-order valence-electron chi connectivity index (χ0n) is 17.5. The number of ether oxygens (including phenoxy) is 2. The first-order valence-electron chi connectivity index (χ1n) is 10.0. The quantitative estimate of drug-likeness (QED) is 0.418. The largest absolute Gasteiger partial charge is 0.497 e. The van der Waals surface area contributed by atoms with Gasteiger partial charge in [0.2, 0.25) is 5.88 Å². The molecule has 1 aromatic heterocycles. The molecule has 30 heavy (non-hydrogen) atoms. The summed E-state index contributed by atoms with van der Waals surface area (Å²) in [4.78, 5) is 8.97. The molecule has 3 aromatic rings. The van der Waals surface area contributed by atoms with Gasteiger partial charge < -0.3 is 20.1 Å². The van der Waals surface area contributed by atoms with Crippen LogP contribution in [-0.4, -0.2) is 24.6 Å². The van der Waals surface area contributed by atoms with Crippen molar-refractivity contribution in [1.29, 1.82) is 0 Å². The Hall–Kier alpha value is -3.54. The maximum atomic E-state index is 5.81. The monoisotopic (exact) mass is 404 g/mol. The molecule has 6 nitrogen and oxygen atoms in total. The first-order chi connectivity index (χ1) is 14.8. The molecule has 0 bridgehead atoms. The normalized spacial score (nSPS) is 11.1. The summed E-state index contributed by atoms with van der Waals surface area (Å²) in [5, 5.41) is 6.63. The predicted octanol–water partition coefficient (Wildman–Crippen LogP) is 3.92. The first kappa shape index (κ1) is 21.2. The number of aromatic nitrogens is 1. The molecule has 0 aliphatic carbocycles. The van der Waals surface area contributed by atoms with Crippen LogP contribution in [0.5, 0.6) is 11.6 Å². The zero-order valence-corrected chi connectivity index (χ0v) is 17.5. The molecule has 0 radical (unpaired) electrons. The van der Waals surface area contributed by atoms with Crippen molar-refractivity contribution in [2.75, 3.05) is 13.7 Å². The molecule has 0 saturated heterocycles. The van der Waals surface area contributed by atoms with Crippen LogP contribution >= 0.6 is 0 Å². The van der Waals surface area contributed by atoms with Crippen molar-refractivity contribution in [3.8, 4) is 11.6 Å². The van der Waals surface area contributed by atoms with E-state index in [2.05, 4.69) is 20.6 Å². The molecule has 0 unspecified atom stereocenters. The summed E-state index contributed by atoms with van der Waals surface area (Å²) < 4.78 is 11.0. The highest BCUT2D eigenvalue weighted by Crippen LogP contribution is 2.13. The molecule has 0 atom stereocenters. The maximum absolute atomic E-state index is 5.81. The third kappa shape index (κ3) is 6.81. The molecule has 3 rings (SSSR count). The van der Waals surface area contributed by atoms with E-state index in [0.29, 0.717) is 25.6 Å². The number of hydrogen-bond acceptors (Lipinski definition) is 4. The van der Waals surface area contributed by atoms with Crippen LogP contribution in [0.1, 0.15) is 23.6 Å². The molecule has 0 spiro atoms. The van der Waals surface area contributed by atoms with Crippen LogP contribution < -0.4 is 20.1 Å². The van der Waals surface area contributed by atoms with Crippen molar-refractivity contribution in [3.05, 3.63) is 89.6 Å². The molecule has 0 fully saturated rings.